The lowest BCUT2D eigenvalue weighted by molar-refractivity contribution is 0.304. The van der Waals surface area contributed by atoms with Crippen molar-refractivity contribution in [2.24, 2.45) is 0 Å². The summed E-state index contributed by atoms with van der Waals surface area (Å²) in [7, 11) is 0. The predicted octanol–water partition coefficient (Wildman–Crippen LogP) is 1.73. The van der Waals surface area contributed by atoms with E-state index < -0.39 is 21.5 Å². The number of halogens is 1. The van der Waals surface area contributed by atoms with Gasteiger partial charge in [0.05, 0.1) is 18.4 Å². The van der Waals surface area contributed by atoms with Gasteiger partial charge in [0.1, 0.15) is 6.61 Å². The minimum absolute atomic E-state index is 0.402. The van der Waals surface area contributed by atoms with Crippen LogP contribution in [0.2, 0.25) is 0 Å². The second-order valence-corrected chi connectivity index (χ2v) is 4.58. The molecular weight excluding hydrogens is 325 g/mol. The summed E-state index contributed by atoms with van der Waals surface area (Å²) >= 11 is -1.63. The highest BCUT2D eigenvalue weighted by molar-refractivity contribution is 14.1. The first-order chi connectivity index (χ1) is 7.76. The van der Waals surface area contributed by atoms with E-state index in [2.05, 4.69) is 9.88 Å². The Morgan fingerprint density at radius 2 is 2.56 bits per heavy atom. The number of fused-ring (bicyclic) bond motifs is 1. The molecule has 0 saturated carbocycles. The van der Waals surface area contributed by atoms with E-state index in [1.165, 1.54) is 6.20 Å². The van der Waals surface area contributed by atoms with Crippen molar-refractivity contribution in [3.8, 4) is 5.75 Å². The smallest absolute Gasteiger partial charge is 0.300 e. The third-order valence-corrected chi connectivity index (χ3v) is 3.33. The highest BCUT2D eigenvalue weighted by Gasteiger charge is 2.19. The summed E-state index contributed by atoms with van der Waals surface area (Å²) in [6.07, 6.45) is 1.49. The number of rotatable bonds is 3. The van der Waals surface area contributed by atoms with Gasteiger partial charge in [-0.2, -0.15) is 3.28 Å². The average molecular weight is 337 g/mol. The van der Waals surface area contributed by atoms with E-state index in [0.29, 0.717) is 21.3 Å². The van der Waals surface area contributed by atoms with Crippen LogP contribution in [0.1, 0.15) is 6.92 Å². The summed E-state index contributed by atoms with van der Waals surface area (Å²) in [6.45, 7) is 4.32. The fraction of sp³-hybridized carbons (Fsp3) is 0.444. The maximum Gasteiger partial charge on any atom is 0.300 e. The second kappa shape index (κ2) is 4.91. The van der Waals surface area contributed by atoms with Gasteiger partial charge in [0.2, 0.25) is 0 Å². The standard InChI is InChI=1S/C9H12IN3O3/c1-2-12-3-4-16-8-5-7(13(15)10-14)6-11-9(8)12/h5-6,15H,2-4H2,1H3. The molecule has 1 aliphatic heterocycles. The molecule has 0 amide bonds. The average Bonchev–Trinajstić information content (AvgIpc) is 2.36. The van der Waals surface area contributed by atoms with E-state index in [1.807, 2.05) is 6.92 Å². The lowest BCUT2D eigenvalue weighted by Gasteiger charge is -2.29. The van der Waals surface area contributed by atoms with Gasteiger partial charge in [-0.25, -0.2) is 8.05 Å². The monoisotopic (exact) mass is 337 g/mol. The Bertz CT molecular complexity index is 402. The maximum absolute atomic E-state index is 10.6. The van der Waals surface area contributed by atoms with Gasteiger partial charge in [-0.3, -0.25) is 5.21 Å². The molecule has 1 N–H and O–H groups in total. The van der Waals surface area contributed by atoms with Crippen molar-refractivity contribution in [2.75, 3.05) is 27.9 Å². The molecule has 1 aromatic rings. The molecule has 0 saturated heterocycles. The van der Waals surface area contributed by atoms with Crippen molar-refractivity contribution in [3.63, 3.8) is 0 Å². The number of aromatic nitrogens is 1. The third kappa shape index (κ3) is 2.09. The number of hydrogen-bond donors (Lipinski definition) is 1. The number of ether oxygens (including phenoxy) is 1. The number of hydrogen-bond acceptors (Lipinski definition) is 5. The van der Waals surface area contributed by atoms with E-state index in [1.54, 1.807) is 6.07 Å². The first-order valence-corrected chi connectivity index (χ1v) is 6.75. The summed E-state index contributed by atoms with van der Waals surface area (Å²) in [5, 5.41) is 9.31. The molecule has 0 aliphatic carbocycles. The Morgan fingerprint density at radius 1 is 1.75 bits per heavy atom. The number of likely N-dealkylation sites (N-methyl/N-ethyl adjacent to an activating group) is 1. The minimum Gasteiger partial charge on any atom is -0.488 e. The number of nitrogens with zero attached hydrogens (tertiary/aromatic N) is 3. The zero-order valence-electron chi connectivity index (χ0n) is 8.76. The molecule has 0 radical (unpaired) electrons. The van der Waals surface area contributed by atoms with Crippen LogP contribution in [-0.2, 0) is 3.07 Å². The SMILES string of the molecule is CCN1CCOc2cc(N(O)I=O)cnc21. The quantitative estimate of drug-likeness (QED) is 0.515. The van der Waals surface area contributed by atoms with Crippen LogP contribution in [0.25, 0.3) is 0 Å². The second-order valence-electron chi connectivity index (χ2n) is 3.27. The molecule has 0 bridgehead atoms. The number of anilines is 2. The van der Waals surface area contributed by atoms with Gasteiger partial charge in [0.25, 0.3) is 21.5 Å². The Kier molecular flexibility index (Phi) is 3.54. The van der Waals surface area contributed by atoms with Crippen molar-refractivity contribution < 1.29 is 13.0 Å². The summed E-state index contributed by atoms with van der Waals surface area (Å²) in [6, 6.07) is 1.65. The third-order valence-electron chi connectivity index (χ3n) is 2.40. The summed E-state index contributed by atoms with van der Waals surface area (Å²) < 4.78 is 16.8. The van der Waals surface area contributed by atoms with Crippen LogP contribution in [0, 0.1) is 0 Å². The van der Waals surface area contributed by atoms with Crippen LogP contribution in [0.15, 0.2) is 12.3 Å². The van der Waals surface area contributed by atoms with Crippen LogP contribution in [0.5, 0.6) is 5.75 Å². The molecule has 7 heteroatoms. The molecule has 1 aromatic heterocycles. The highest BCUT2D eigenvalue weighted by Crippen LogP contribution is 2.33. The van der Waals surface area contributed by atoms with E-state index in [9.17, 15) is 8.28 Å². The van der Waals surface area contributed by atoms with E-state index in [4.69, 9.17) is 4.74 Å². The first-order valence-electron chi connectivity index (χ1n) is 4.90. The van der Waals surface area contributed by atoms with Gasteiger partial charge in [-0.15, -0.1) is 0 Å². The van der Waals surface area contributed by atoms with Gasteiger partial charge in [-0.05, 0) is 6.92 Å². The van der Waals surface area contributed by atoms with Gasteiger partial charge in [0, 0.05) is 12.6 Å². The molecule has 2 heterocycles. The fourth-order valence-electron chi connectivity index (χ4n) is 1.59. The summed E-state index contributed by atoms with van der Waals surface area (Å²) in [4.78, 5) is 6.31. The van der Waals surface area contributed by atoms with Crippen molar-refractivity contribution in [2.45, 2.75) is 6.92 Å². The van der Waals surface area contributed by atoms with Crippen molar-refractivity contribution in [3.05, 3.63) is 12.3 Å². The molecule has 2 rings (SSSR count). The molecule has 16 heavy (non-hydrogen) atoms. The Morgan fingerprint density at radius 3 is 3.25 bits per heavy atom. The van der Waals surface area contributed by atoms with Gasteiger partial charge in [0.15, 0.2) is 11.6 Å². The normalized spacial score (nSPS) is 14.2. The molecule has 0 unspecified atom stereocenters. The van der Waals surface area contributed by atoms with Crippen molar-refractivity contribution >= 4 is 33.0 Å². The van der Waals surface area contributed by atoms with Crippen molar-refractivity contribution in [1.29, 1.82) is 0 Å². The number of pyridine rings is 1. The van der Waals surface area contributed by atoms with Crippen LogP contribution < -0.4 is 12.9 Å². The zero-order chi connectivity index (χ0) is 11.5. The lowest BCUT2D eigenvalue weighted by atomic mass is 10.3. The van der Waals surface area contributed by atoms with E-state index in [0.717, 1.165) is 18.9 Å². The molecule has 6 nitrogen and oxygen atoms in total. The predicted molar refractivity (Wildman–Crippen MR) is 66.6 cm³/mol. The van der Waals surface area contributed by atoms with Gasteiger partial charge in [-0.1, -0.05) is 0 Å². The van der Waals surface area contributed by atoms with Crippen LogP contribution in [0.4, 0.5) is 11.5 Å². The molecule has 0 aromatic carbocycles. The minimum atomic E-state index is -1.63. The Hall–Kier alpha value is -0.960. The molecule has 1 aliphatic rings. The fourth-order valence-corrected chi connectivity index (χ4v) is 2.08. The molecule has 0 atom stereocenters. The highest BCUT2D eigenvalue weighted by atomic mass is 127. The Balaban J connectivity index is 2.35. The maximum atomic E-state index is 10.6. The summed E-state index contributed by atoms with van der Waals surface area (Å²) in [5.74, 6) is 1.40. The van der Waals surface area contributed by atoms with Gasteiger partial charge < -0.3 is 9.64 Å². The molecular formula is C9H12IN3O3. The first kappa shape index (κ1) is 11.5. The molecule has 0 fully saturated rings. The van der Waals surface area contributed by atoms with Crippen LogP contribution in [0.3, 0.4) is 0 Å². The summed E-state index contributed by atoms with van der Waals surface area (Å²) in [5.41, 5.74) is 0.402. The van der Waals surface area contributed by atoms with Crippen molar-refractivity contribution in [1.82, 2.24) is 4.98 Å². The van der Waals surface area contributed by atoms with E-state index >= 15 is 0 Å². The topological polar surface area (TPSA) is 65.9 Å². The molecule has 88 valence electrons. The lowest BCUT2D eigenvalue weighted by Crippen LogP contribution is -2.33. The van der Waals surface area contributed by atoms with Crippen LogP contribution >= 0.6 is 21.5 Å². The van der Waals surface area contributed by atoms with Gasteiger partial charge >= 0.3 is 0 Å². The zero-order valence-corrected chi connectivity index (χ0v) is 10.9. The van der Waals surface area contributed by atoms with Crippen LogP contribution in [-0.4, -0.2) is 29.9 Å². The van der Waals surface area contributed by atoms with E-state index in [-0.39, 0.29) is 0 Å². The Labute approximate surface area is 104 Å². The largest absolute Gasteiger partial charge is 0.488 e. The molecule has 0 spiro atoms.